The third-order valence-electron chi connectivity index (χ3n) is 3.21. The van der Waals surface area contributed by atoms with Crippen LogP contribution in [0.15, 0.2) is 32.1 Å². The maximum Gasteiger partial charge on any atom is 0.242 e. The number of hydrogen-bond acceptors (Lipinski definition) is 4. The molecule has 1 unspecified atom stereocenters. The van der Waals surface area contributed by atoms with Crippen LogP contribution in [0, 0.1) is 0 Å². The molecule has 2 amide bonds. The molecule has 23 heavy (non-hydrogen) atoms. The van der Waals surface area contributed by atoms with Gasteiger partial charge in [0, 0.05) is 28.5 Å². The number of carbonyl (C=O) groups is 2. The Kier molecular flexibility index (Phi) is 6.67. The lowest BCUT2D eigenvalue weighted by Crippen LogP contribution is -2.34. The molecule has 0 saturated carbocycles. The minimum absolute atomic E-state index is 0.0595. The number of nitrogens with zero attached hydrogens (tertiary/aromatic N) is 2. The van der Waals surface area contributed by atoms with Crippen LogP contribution in [0.25, 0.3) is 0 Å². The molecule has 1 aliphatic rings. The fourth-order valence-electron chi connectivity index (χ4n) is 2.13. The van der Waals surface area contributed by atoms with Crippen molar-refractivity contribution in [3.8, 4) is 0 Å². The monoisotopic (exact) mass is 461 g/mol. The molecule has 0 bridgehead atoms. The maximum atomic E-state index is 12.4. The van der Waals surface area contributed by atoms with Gasteiger partial charge in [0.05, 0.1) is 5.69 Å². The van der Waals surface area contributed by atoms with E-state index >= 15 is 0 Å². The molecular formula is C15H17Br2N3O2S. The fraction of sp³-hybridized carbons (Fsp3) is 0.400. The average molecular weight is 463 g/mol. The third kappa shape index (κ3) is 4.58. The highest BCUT2D eigenvalue weighted by Crippen LogP contribution is 2.34. The number of amides is 2. The van der Waals surface area contributed by atoms with E-state index in [4.69, 9.17) is 0 Å². The molecule has 0 radical (unpaired) electrons. The molecule has 1 aromatic carbocycles. The highest BCUT2D eigenvalue weighted by atomic mass is 79.9. The topological polar surface area (TPSA) is 61.8 Å². The van der Waals surface area contributed by atoms with Crippen LogP contribution < -0.4 is 5.32 Å². The zero-order valence-corrected chi connectivity index (χ0v) is 16.8. The van der Waals surface area contributed by atoms with Gasteiger partial charge in [-0.3, -0.25) is 14.5 Å². The summed E-state index contributed by atoms with van der Waals surface area (Å²) in [5, 5.41) is 2.96. The molecule has 1 atom stereocenters. The Morgan fingerprint density at radius 1 is 1.39 bits per heavy atom. The predicted molar refractivity (Wildman–Crippen MR) is 101 cm³/mol. The number of halogens is 2. The summed E-state index contributed by atoms with van der Waals surface area (Å²) in [6.07, 6.45) is 0.175. The summed E-state index contributed by atoms with van der Waals surface area (Å²) in [6.45, 7) is 4.86. The average Bonchev–Trinajstić information content (AvgIpc) is 2.77. The lowest BCUT2D eigenvalue weighted by atomic mass is 10.2. The first-order valence-electron chi connectivity index (χ1n) is 7.24. The molecule has 1 saturated heterocycles. The van der Waals surface area contributed by atoms with E-state index in [2.05, 4.69) is 42.2 Å². The summed E-state index contributed by atoms with van der Waals surface area (Å²) in [4.78, 5) is 30.4. The van der Waals surface area contributed by atoms with Crippen molar-refractivity contribution in [3.63, 3.8) is 0 Å². The van der Waals surface area contributed by atoms with Crippen molar-refractivity contribution in [2.24, 2.45) is 4.99 Å². The van der Waals surface area contributed by atoms with Crippen LogP contribution in [0.4, 0.5) is 5.69 Å². The van der Waals surface area contributed by atoms with Gasteiger partial charge in [-0.05, 0) is 48.0 Å². The summed E-state index contributed by atoms with van der Waals surface area (Å²) >= 11 is 8.22. The van der Waals surface area contributed by atoms with Gasteiger partial charge in [0.25, 0.3) is 0 Å². The maximum absolute atomic E-state index is 12.4. The predicted octanol–water partition coefficient (Wildman–Crippen LogP) is 3.69. The molecule has 1 heterocycles. The zero-order chi connectivity index (χ0) is 17.0. The van der Waals surface area contributed by atoms with E-state index in [-0.39, 0.29) is 18.2 Å². The van der Waals surface area contributed by atoms with Gasteiger partial charge in [-0.2, -0.15) is 0 Å². The van der Waals surface area contributed by atoms with Crippen molar-refractivity contribution in [1.29, 1.82) is 0 Å². The van der Waals surface area contributed by atoms with Crippen molar-refractivity contribution < 1.29 is 9.59 Å². The fourth-order valence-corrected chi connectivity index (χ4v) is 4.48. The number of benzene rings is 1. The SMILES string of the molecule is CCNC(=O)CC1SC(=Nc2ccc(Br)cc2Br)N(CC)C1=O. The molecule has 5 nitrogen and oxygen atoms in total. The molecule has 0 spiro atoms. The molecular weight excluding hydrogens is 446 g/mol. The second-order valence-corrected chi connectivity index (χ2v) is 7.78. The highest BCUT2D eigenvalue weighted by Gasteiger charge is 2.38. The Morgan fingerprint density at radius 2 is 2.13 bits per heavy atom. The Hall–Kier alpha value is -0.860. The standard InChI is InChI=1S/C15H17Br2N3O2S/c1-3-18-13(21)8-12-14(22)20(4-2)15(23-12)19-11-6-5-9(16)7-10(11)17/h5-7,12H,3-4,8H2,1-2H3,(H,18,21). The highest BCUT2D eigenvalue weighted by molar-refractivity contribution is 9.11. The van der Waals surface area contributed by atoms with Gasteiger partial charge in [-0.15, -0.1) is 0 Å². The number of hydrogen-bond donors (Lipinski definition) is 1. The quantitative estimate of drug-likeness (QED) is 0.725. The lowest BCUT2D eigenvalue weighted by Gasteiger charge is -2.13. The summed E-state index contributed by atoms with van der Waals surface area (Å²) in [6, 6.07) is 5.68. The van der Waals surface area contributed by atoms with Crippen LogP contribution in [-0.2, 0) is 9.59 Å². The van der Waals surface area contributed by atoms with E-state index in [1.165, 1.54) is 11.8 Å². The minimum atomic E-state index is -0.408. The first-order chi connectivity index (χ1) is 11.0. The van der Waals surface area contributed by atoms with Gasteiger partial charge >= 0.3 is 0 Å². The van der Waals surface area contributed by atoms with Crippen molar-refractivity contribution in [2.45, 2.75) is 25.5 Å². The second kappa shape index (κ2) is 8.30. The number of thioether (sulfide) groups is 1. The summed E-state index contributed by atoms with van der Waals surface area (Å²) in [5.74, 6) is -0.170. The van der Waals surface area contributed by atoms with E-state index in [0.29, 0.717) is 18.3 Å². The third-order valence-corrected chi connectivity index (χ3v) is 5.51. The zero-order valence-electron chi connectivity index (χ0n) is 12.8. The van der Waals surface area contributed by atoms with Gasteiger partial charge in [-0.25, -0.2) is 4.99 Å². The Bertz CT molecular complexity index is 652. The molecule has 124 valence electrons. The van der Waals surface area contributed by atoms with Crippen molar-refractivity contribution in [2.75, 3.05) is 13.1 Å². The van der Waals surface area contributed by atoms with Crippen LogP contribution in [0.1, 0.15) is 20.3 Å². The molecule has 0 aromatic heterocycles. The smallest absolute Gasteiger partial charge is 0.242 e. The van der Waals surface area contributed by atoms with Gasteiger partial charge in [0.2, 0.25) is 11.8 Å². The van der Waals surface area contributed by atoms with Gasteiger partial charge in [0.1, 0.15) is 5.25 Å². The molecule has 1 aliphatic heterocycles. The van der Waals surface area contributed by atoms with Crippen LogP contribution in [0.5, 0.6) is 0 Å². The summed E-state index contributed by atoms with van der Waals surface area (Å²) < 4.78 is 1.79. The first-order valence-corrected chi connectivity index (χ1v) is 9.71. The van der Waals surface area contributed by atoms with E-state index in [0.717, 1.165) is 14.6 Å². The van der Waals surface area contributed by atoms with Crippen LogP contribution >= 0.6 is 43.6 Å². The molecule has 2 rings (SSSR count). The van der Waals surface area contributed by atoms with Crippen LogP contribution in [0.3, 0.4) is 0 Å². The Labute approximate surface area is 156 Å². The number of amidine groups is 1. The molecule has 0 aliphatic carbocycles. The van der Waals surface area contributed by atoms with Crippen molar-refractivity contribution >= 4 is 66.3 Å². The van der Waals surface area contributed by atoms with Crippen molar-refractivity contribution in [1.82, 2.24) is 10.2 Å². The van der Waals surface area contributed by atoms with Gasteiger partial charge in [-0.1, -0.05) is 27.7 Å². The van der Waals surface area contributed by atoms with E-state index in [9.17, 15) is 9.59 Å². The lowest BCUT2D eigenvalue weighted by molar-refractivity contribution is -0.129. The van der Waals surface area contributed by atoms with E-state index in [1.807, 2.05) is 32.0 Å². The number of carbonyl (C=O) groups excluding carboxylic acids is 2. The number of nitrogens with one attached hydrogen (secondary N) is 1. The van der Waals surface area contributed by atoms with Gasteiger partial charge < -0.3 is 5.32 Å². The normalized spacial score (nSPS) is 19.5. The van der Waals surface area contributed by atoms with Crippen molar-refractivity contribution in [3.05, 3.63) is 27.1 Å². The summed E-state index contributed by atoms with van der Waals surface area (Å²) in [5.41, 5.74) is 0.751. The summed E-state index contributed by atoms with van der Waals surface area (Å²) in [7, 11) is 0. The molecule has 8 heteroatoms. The van der Waals surface area contributed by atoms with Crippen LogP contribution in [-0.4, -0.2) is 40.2 Å². The molecule has 1 fully saturated rings. The van der Waals surface area contributed by atoms with Gasteiger partial charge in [0.15, 0.2) is 5.17 Å². The van der Waals surface area contributed by atoms with Crippen LogP contribution in [0.2, 0.25) is 0 Å². The van der Waals surface area contributed by atoms with E-state index in [1.54, 1.807) is 4.90 Å². The molecule has 1 N–H and O–H groups in total. The van der Waals surface area contributed by atoms with E-state index < -0.39 is 5.25 Å². The Balaban J connectivity index is 2.22. The molecule has 1 aromatic rings. The number of aliphatic imine (C=N–C) groups is 1. The largest absolute Gasteiger partial charge is 0.356 e. The number of rotatable bonds is 5. The first kappa shape index (κ1) is 18.5. The second-order valence-electron chi connectivity index (χ2n) is 4.84. The minimum Gasteiger partial charge on any atom is -0.356 e. The Morgan fingerprint density at radius 3 is 2.74 bits per heavy atom.